The Kier molecular flexibility index (Phi) is 7.17. The van der Waals surface area contributed by atoms with E-state index in [0.717, 1.165) is 17.4 Å². The zero-order valence-electron chi connectivity index (χ0n) is 14.0. The van der Waals surface area contributed by atoms with Gasteiger partial charge >= 0.3 is 5.97 Å². The van der Waals surface area contributed by atoms with Gasteiger partial charge in [-0.3, -0.25) is 4.79 Å². The maximum Gasteiger partial charge on any atom is 0.331 e. The van der Waals surface area contributed by atoms with Gasteiger partial charge in [0.1, 0.15) is 11.6 Å². The second-order valence-corrected chi connectivity index (χ2v) is 5.61. The van der Waals surface area contributed by atoms with E-state index in [9.17, 15) is 14.0 Å². The zero-order chi connectivity index (χ0) is 18.9. The first-order valence-corrected chi connectivity index (χ1v) is 8.06. The van der Waals surface area contributed by atoms with Crippen LogP contribution in [0.25, 0.3) is 6.08 Å². The van der Waals surface area contributed by atoms with Gasteiger partial charge in [-0.15, -0.1) is 0 Å². The van der Waals surface area contributed by atoms with Crippen molar-refractivity contribution in [3.05, 3.63) is 70.5 Å². The minimum Gasteiger partial charge on any atom is -0.497 e. The highest BCUT2D eigenvalue weighted by Gasteiger charge is 2.07. The number of carbonyl (C=O) groups excluding carboxylic acids is 2. The molecule has 0 bridgehead atoms. The second-order valence-electron chi connectivity index (χ2n) is 5.20. The molecule has 0 spiro atoms. The third-order valence-electron chi connectivity index (χ3n) is 3.38. The van der Waals surface area contributed by atoms with Gasteiger partial charge in [0.05, 0.1) is 12.1 Å². The fraction of sp³-hybridized carbons (Fsp3) is 0.158. The van der Waals surface area contributed by atoms with Gasteiger partial charge in [-0.05, 0) is 35.9 Å². The Labute approximate surface area is 155 Å². The highest BCUT2D eigenvalue weighted by Crippen LogP contribution is 2.20. The molecule has 2 aromatic carbocycles. The van der Waals surface area contributed by atoms with E-state index in [1.54, 1.807) is 19.2 Å². The Morgan fingerprint density at radius 1 is 1.19 bits per heavy atom. The van der Waals surface area contributed by atoms with Crippen LogP contribution in [0, 0.1) is 5.82 Å². The van der Waals surface area contributed by atoms with Gasteiger partial charge in [-0.25, -0.2) is 9.18 Å². The summed E-state index contributed by atoms with van der Waals surface area (Å²) in [7, 11) is 1.57. The van der Waals surface area contributed by atoms with Crippen molar-refractivity contribution in [2.75, 3.05) is 13.7 Å². The average molecular weight is 378 g/mol. The average Bonchev–Trinajstić information content (AvgIpc) is 2.64. The number of rotatable bonds is 7. The predicted octanol–water partition coefficient (Wildman–Crippen LogP) is 3.36. The molecule has 136 valence electrons. The van der Waals surface area contributed by atoms with Crippen LogP contribution in [0.15, 0.2) is 48.5 Å². The lowest BCUT2D eigenvalue weighted by Gasteiger charge is -2.06. The molecule has 0 aromatic heterocycles. The molecule has 0 radical (unpaired) electrons. The zero-order valence-corrected chi connectivity index (χ0v) is 14.8. The Morgan fingerprint density at radius 3 is 2.58 bits per heavy atom. The van der Waals surface area contributed by atoms with Crippen molar-refractivity contribution in [2.45, 2.75) is 6.54 Å². The summed E-state index contributed by atoms with van der Waals surface area (Å²) >= 11 is 5.84. The number of carbonyl (C=O) groups is 2. The second kappa shape index (κ2) is 9.58. The summed E-state index contributed by atoms with van der Waals surface area (Å²) < 4.78 is 23.4. The molecule has 0 aliphatic rings. The molecule has 0 aliphatic carbocycles. The molecule has 0 aliphatic heterocycles. The Morgan fingerprint density at radius 2 is 1.92 bits per heavy atom. The summed E-state index contributed by atoms with van der Waals surface area (Å²) in [6.07, 6.45) is 2.22. The molecule has 7 heteroatoms. The van der Waals surface area contributed by atoms with Crippen LogP contribution in [0.5, 0.6) is 5.75 Å². The van der Waals surface area contributed by atoms with Gasteiger partial charge in [-0.1, -0.05) is 29.8 Å². The van der Waals surface area contributed by atoms with Crippen LogP contribution >= 0.6 is 11.6 Å². The molecular weight excluding hydrogens is 361 g/mol. The summed E-state index contributed by atoms with van der Waals surface area (Å²) in [5.74, 6) is -1.06. The molecule has 2 rings (SSSR count). The normalized spacial score (nSPS) is 10.6. The fourth-order valence-corrected chi connectivity index (χ4v) is 2.23. The lowest BCUT2D eigenvalue weighted by atomic mass is 10.2. The standard InChI is InChI=1S/C19H17ClFNO4/c1-25-14-7-5-13(6-8-14)11-22-18(23)12-26-19(24)10-9-15-16(20)3-2-4-17(15)21/h2-10H,11-12H2,1H3,(H,22,23)/b10-9+. The van der Waals surface area contributed by atoms with E-state index >= 15 is 0 Å². The van der Waals surface area contributed by atoms with Crippen molar-refractivity contribution in [2.24, 2.45) is 0 Å². The summed E-state index contributed by atoms with van der Waals surface area (Å²) in [5, 5.41) is 2.79. The number of esters is 1. The molecule has 0 unspecified atom stereocenters. The maximum absolute atomic E-state index is 13.6. The lowest BCUT2D eigenvalue weighted by Crippen LogP contribution is -2.28. The molecule has 0 atom stereocenters. The quantitative estimate of drug-likeness (QED) is 0.593. The van der Waals surface area contributed by atoms with Crippen LogP contribution in [0.1, 0.15) is 11.1 Å². The van der Waals surface area contributed by atoms with E-state index in [1.165, 1.54) is 24.3 Å². The van der Waals surface area contributed by atoms with Crippen LogP contribution in [-0.4, -0.2) is 25.6 Å². The Balaban J connectivity index is 1.77. The highest BCUT2D eigenvalue weighted by atomic mass is 35.5. The Bertz CT molecular complexity index is 785. The molecule has 1 amide bonds. The first-order valence-electron chi connectivity index (χ1n) is 7.68. The number of hydrogen-bond donors (Lipinski definition) is 1. The minimum atomic E-state index is -0.774. The molecule has 0 saturated heterocycles. The summed E-state index contributed by atoms with van der Waals surface area (Å²) in [4.78, 5) is 23.3. The topological polar surface area (TPSA) is 64.6 Å². The first-order chi connectivity index (χ1) is 12.5. The minimum absolute atomic E-state index is 0.0788. The van der Waals surface area contributed by atoms with E-state index in [2.05, 4.69) is 5.32 Å². The molecule has 0 fully saturated rings. The van der Waals surface area contributed by atoms with E-state index in [0.29, 0.717) is 6.54 Å². The molecular formula is C19H17ClFNO4. The molecule has 1 N–H and O–H groups in total. The molecule has 2 aromatic rings. The number of amides is 1. The SMILES string of the molecule is COc1ccc(CNC(=O)COC(=O)/C=C/c2c(F)cccc2Cl)cc1. The summed E-state index contributed by atoms with van der Waals surface area (Å²) in [6.45, 7) is -0.147. The van der Waals surface area contributed by atoms with Gasteiger partial charge in [0.25, 0.3) is 5.91 Å². The number of nitrogens with one attached hydrogen (secondary N) is 1. The van der Waals surface area contributed by atoms with E-state index < -0.39 is 24.3 Å². The lowest BCUT2D eigenvalue weighted by molar-refractivity contribution is -0.143. The van der Waals surface area contributed by atoms with Crippen LogP contribution in [0.2, 0.25) is 5.02 Å². The smallest absolute Gasteiger partial charge is 0.331 e. The van der Waals surface area contributed by atoms with Gasteiger partial charge in [0.2, 0.25) is 0 Å². The molecule has 26 heavy (non-hydrogen) atoms. The fourth-order valence-electron chi connectivity index (χ4n) is 2.00. The Hall–Kier alpha value is -2.86. The van der Waals surface area contributed by atoms with Crippen molar-refractivity contribution in [3.63, 3.8) is 0 Å². The summed E-state index contributed by atoms with van der Waals surface area (Å²) in [6, 6.07) is 11.4. The third-order valence-corrected chi connectivity index (χ3v) is 3.71. The predicted molar refractivity (Wildman–Crippen MR) is 96.2 cm³/mol. The molecule has 0 saturated carbocycles. The number of hydrogen-bond acceptors (Lipinski definition) is 4. The van der Waals surface area contributed by atoms with Crippen molar-refractivity contribution < 1.29 is 23.5 Å². The van der Waals surface area contributed by atoms with Crippen molar-refractivity contribution in [3.8, 4) is 5.75 Å². The van der Waals surface area contributed by atoms with Gasteiger partial charge < -0.3 is 14.8 Å². The number of ether oxygens (including phenoxy) is 2. The largest absolute Gasteiger partial charge is 0.497 e. The highest BCUT2D eigenvalue weighted by molar-refractivity contribution is 6.32. The van der Waals surface area contributed by atoms with Crippen LogP contribution in [0.4, 0.5) is 4.39 Å². The van der Waals surface area contributed by atoms with Crippen LogP contribution in [-0.2, 0) is 20.9 Å². The number of benzene rings is 2. The van der Waals surface area contributed by atoms with E-state index in [1.807, 2.05) is 12.1 Å². The van der Waals surface area contributed by atoms with Crippen LogP contribution in [0.3, 0.4) is 0 Å². The van der Waals surface area contributed by atoms with Gasteiger partial charge in [-0.2, -0.15) is 0 Å². The molecule has 5 nitrogen and oxygen atoms in total. The molecule has 0 heterocycles. The first kappa shape index (κ1) is 19.5. The summed E-state index contributed by atoms with van der Waals surface area (Å²) in [5.41, 5.74) is 0.953. The van der Waals surface area contributed by atoms with Gasteiger partial charge in [0.15, 0.2) is 6.61 Å². The van der Waals surface area contributed by atoms with E-state index in [4.69, 9.17) is 21.1 Å². The van der Waals surface area contributed by atoms with Crippen LogP contribution < -0.4 is 10.1 Å². The monoisotopic (exact) mass is 377 g/mol. The van der Waals surface area contributed by atoms with E-state index in [-0.39, 0.29) is 10.6 Å². The third kappa shape index (κ3) is 5.89. The van der Waals surface area contributed by atoms with Crippen molar-refractivity contribution in [1.29, 1.82) is 0 Å². The van der Waals surface area contributed by atoms with Gasteiger partial charge in [0, 0.05) is 18.2 Å². The number of methoxy groups -OCH3 is 1. The number of halogens is 2. The van der Waals surface area contributed by atoms with Crippen molar-refractivity contribution in [1.82, 2.24) is 5.32 Å². The maximum atomic E-state index is 13.6. The van der Waals surface area contributed by atoms with Crippen molar-refractivity contribution >= 4 is 29.6 Å².